The fourth-order valence-electron chi connectivity index (χ4n) is 6.90. The molecule has 1 aliphatic rings. The first-order valence-electron chi connectivity index (χ1n) is 15.5. The number of hydrogen-bond donors (Lipinski definition) is 0. The molecule has 0 saturated carbocycles. The molecule has 0 bridgehead atoms. The van der Waals surface area contributed by atoms with Crippen molar-refractivity contribution in [2.45, 2.75) is 0 Å². The van der Waals surface area contributed by atoms with E-state index >= 15 is 0 Å². The molecule has 0 saturated heterocycles. The van der Waals surface area contributed by atoms with Crippen LogP contribution in [0.4, 0.5) is 17.1 Å². The molecule has 0 aromatic heterocycles. The maximum atomic E-state index is 2.38. The van der Waals surface area contributed by atoms with Crippen LogP contribution in [0.25, 0.3) is 66.1 Å². The summed E-state index contributed by atoms with van der Waals surface area (Å²) in [6.45, 7) is 0. The van der Waals surface area contributed by atoms with Crippen LogP contribution in [-0.4, -0.2) is 0 Å². The third kappa shape index (κ3) is 4.32. The fraction of sp³-hybridized carbons (Fsp3) is 0. The van der Waals surface area contributed by atoms with E-state index in [2.05, 4.69) is 181 Å². The molecule has 0 spiro atoms. The van der Waals surface area contributed by atoms with E-state index < -0.39 is 0 Å². The van der Waals surface area contributed by atoms with Crippen LogP contribution >= 0.6 is 0 Å². The van der Waals surface area contributed by atoms with Gasteiger partial charge in [0.25, 0.3) is 0 Å². The van der Waals surface area contributed by atoms with Gasteiger partial charge in [-0.25, -0.2) is 0 Å². The number of para-hydroxylation sites is 2. The Labute approximate surface area is 263 Å². The van der Waals surface area contributed by atoms with Crippen molar-refractivity contribution < 1.29 is 0 Å². The van der Waals surface area contributed by atoms with Crippen molar-refractivity contribution in [3.63, 3.8) is 0 Å². The lowest BCUT2D eigenvalue weighted by Gasteiger charge is -2.29. The second-order valence-electron chi connectivity index (χ2n) is 11.8. The molecule has 0 atom stereocenters. The van der Waals surface area contributed by atoms with Gasteiger partial charge in [-0.15, -0.1) is 0 Å². The highest BCUT2D eigenvalue weighted by Gasteiger charge is 2.24. The second kappa shape index (κ2) is 10.4. The summed E-state index contributed by atoms with van der Waals surface area (Å²) in [5, 5.41) is 5.06. The van der Waals surface area contributed by atoms with Gasteiger partial charge in [0, 0.05) is 16.9 Å². The Morgan fingerprint density at radius 3 is 1.44 bits per heavy atom. The van der Waals surface area contributed by atoms with Gasteiger partial charge in [-0.05, 0) is 121 Å². The summed E-state index contributed by atoms with van der Waals surface area (Å²) in [5.74, 6) is 0. The Kier molecular flexibility index (Phi) is 5.89. The molecule has 0 radical (unpaired) electrons. The van der Waals surface area contributed by atoms with Crippen LogP contribution in [0.3, 0.4) is 0 Å². The van der Waals surface area contributed by atoms with Crippen LogP contribution in [0.15, 0.2) is 176 Å². The first-order valence-corrected chi connectivity index (χ1v) is 15.5. The maximum absolute atomic E-state index is 2.38. The first kappa shape index (κ1) is 25.6. The molecule has 9 rings (SSSR count). The summed E-state index contributed by atoms with van der Waals surface area (Å²) in [7, 11) is 0. The number of rotatable bonds is 5. The molecule has 0 N–H and O–H groups in total. The zero-order chi connectivity index (χ0) is 29.7. The Morgan fingerprint density at radius 1 is 0.267 bits per heavy atom. The van der Waals surface area contributed by atoms with Gasteiger partial charge in [0.2, 0.25) is 0 Å². The van der Waals surface area contributed by atoms with Crippen LogP contribution in [0.1, 0.15) is 0 Å². The van der Waals surface area contributed by atoms with Crippen LogP contribution in [0.2, 0.25) is 0 Å². The van der Waals surface area contributed by atoms with E-state index in [4.69, 9.17) is 0 Å². The van der Waals surface area contributed by atoms with Crippen molar-refractivity contribution in [2.24, 2.45) is 0 Å². The van der Waals surface area contributed by atoms with Crippen molar-refractivity contribution in [2.75, 3.05) is 4.90 Å². The Morgan fingerprint density at radius 2 is 0.778 bits per heavy atom. The zero-order valence-corrected chi connectivity index (χ0v) is 24.7. The monoisotopic (exact) mass is 571 g/mol. The maximum Gasteiger partial charge on any atom is 0.0540 e. The number of anilines is 3. The highest BCUT2D eigenvalue weighted by Crippen LogP contribution is 2.51. The smallest absolute Gasteiger partial charge is 0.0540 e. The lowest BCUT2D eigenvalue weighted by molar-refractivity contribution is 1.29. The number of benzene rings is 8. The molecular formula is C44H29N. The summed E-state index contributed by atoms with van der Waals surface area (Å²) in [6.07, 6.45) is 0. The summed E-state index contributed by atoms with van der Waals surface area (Å²) in [6, 6.07) is 63.9. The normalized spacial score (nSPS) is 11.6. The molecule has 1 nitrogen and oxygen atoms in total. The minimum absolute atomic E-state index is 1.14. The molecule has 210 valence electrons. The summed E-state index contributed by atoms with van der Waals surface area (Å²) < 4.78 is 0. The van der Waals surface area contributed by atoms with Crippen molar-refractivity contribution in [3.05, 3.63) is 176 Å². The predicted molar refractivity (Wildman–Crippen MR) is 191 cm³/mol. The van der Waals surface area contributed by atoms with Gasteiger partial charge in [-0.1, -0.05) is 115 Å². The first-order chi connectivity index (χ1) is 22.3. The highest BCUT2D eigenvalue weighted by atomic mass is 15.1. The molecular weight excluding hydrogens is 542 g/mol. The number of fused-ring (bicyclic) bond motifs is 6. The molecule has 0 fully saturated rings. The van der Waals surface area contributed by atoms with Crippen LogP contribution in [0, 0.1) is 0 Å². The van der Waals surface area contributed by atoms with E-state index in [0.717, 1.165) is 17.1 Å². The molecule has 45 heavy (non-hydrogen) atoms. The van der Waals surface area contributed by atoms with Gasteiger partial charge in [0.1, 0.15) is 0 Å². The third-order valence-electron chi connectivity index (χ3n) is 9.13. The van der Waals surface area contributed by atoms with Crippen LogP contribution in [-0.2, 0) is 0 Å². The summed E-state index contributed by atoms with van der Waals surface area (Å²) >= 11 is 0. The van der Waals surface area contributed by atoms with E-state index in [1.54, 1.807) is 0 Å². The van der Waals surface area contributed by atoms with Gasteiger partial charge < -0.3 is 4.90 Å². The van der Waals surface area contributed by atoms with E-state index in [1.807, 2.05) is 0 Å². The molecule has 8 aromatic rings. The molecule has 8 aromatic carbocycles. The van der Waals surface area contributed by atoms with E-state index in [9.17, 15) is 0 Å². The van der Waals surface area contributed by atoms with Gasteiger partial charge in [0.15, 0.2) is 0 Å². The summed E-state index contributed by atoms with van der Waals surface area (Å²) in [5.41, 5.74) is 13.7. The van der Waals surface area contributed by atoms with Gasteiger partial charge in [0.05, 0.1) is 5.69 Å². The summed E-state index contributed by atoms with van der Waals surface area (Å²) in [4.78, 5) is 2.38. The quantitative estimate of drug-likeness (QED) is 0.199. The molecule has 0 unspecified atom stereocenters. The third-order valence-corrected chi connectivity index (χ3v) is 9.13. The minimum Gasteiger partial charge on any atom is -0.310 e. The second-order valence-corrected chi connectivity index (χ2v) is 11.8. The molecule has 0 aliphatic heterocycles. The Hall–Kier alpha value is -5.92. The standard InChI is InChI=1S/C44H29N/c1-4-12-30(13-5-1)32-20-21-33-26-40-42(28-35(33)24-32)41-27-34-22-23-38(25-36(34)29-43(40)41)45(37-16-8-3-9-17-37)44-19-11-10-18-39(44)31-14-6-2-7-15-31/h1-29H. The van der Waals surface area contributed by atoms with Gasteiger partial charge >= 0.3 is 0 Å². The molecule has 0 amide bonds. The average molecular weight is 572 g/mol. The average Bonchev–Trinajstić information content (AvgIpc) is 3.11. The lowest BCUT2D eigenvalue weighted by Crippen LogP contribution is -2.11. The van der Waals surface area contributed by atoms with Crippen LogP contribution in [0.5, 0.6) is 0 Å². The van der Waals surface area contributed by atoms with Crippen molar-refractivity contribution in [1.82, 2.24) is 0 Å². The van der Waals surface area contributed by atoms with E-state index in [1.165, 1.54) is 66.1 Å². The number of hydrogen-bond acceptors (Lipinski definition) is 1. The van der Waals surface area contributed by atoms with Crippen molar-refractivity contribution >= 4 is 38.6 Å². The van der Waals surface area contributed by atoms with Gasteiger partial charge in [-0.2, -0.15) is 0 Å². The van der Waals surface area contributed by atoms with Crippen molar-refractivity contribution in [3.8, 4) is 44.5 Å². The van der Waals surface area contributed by atoms with Crippen molar-refractivity contribution in [1.29, 1.82) is 0 Å². The zero-order valence-electron chi connectivity index (χ0n) is 24.7. The van der Waals surface area contributed by atoms with E-state index in [0.29, 0.717) is 0 Å². The molecule has 0 heterocycles. The number of nitrogens with zero attached hydrogens (tertiary/aromatic N) is 1. The molecule has 1 heteroatoms. The topological polar surface area (TPSA) is 3.24 Å². The SMILES string of the molecule is c1ccc(-c2ccc3cc4c(cc3c2)-c2cc3ccc(N(c5ccccc5)c5ccccc5-c5ccccc5)cc3cc2-4)cc1. The highest BCUT2D eigenvalue weighted by molar-refractivity contribution is 6.12. The lowest BCUT2D eigenvalue weighted by atomic mass is 9.77. The Bertz CT molecular complexity index is 2360. The van der Waals surface area contributed by atoms with E-state index in [-0.39, 0.29) is 0 Å². The van der Waals surface area contributed by atoms with Crippen LogP contribution < -0.4 is 4.90 Å². The minimum atomic E-state index is 1.14. The Balaban J connectivity index is 1.15. The fourth-order valence-corrected chi connectivity index (χ4v) is 6.90. The molecule has 1 aliphatic carbocycles. The predicted octanol–water partition coefficient (Wildman–Crippen LogP) is 12.4. The largest absolute Gasteiger partial charge is 0.310 e. The van der Waals surface area contributed by atoms with Gasteiger partial charge in [-0.3, -0.25) is 0 Å².